The second kappa shape index (κ2) is 8.84. The van der Waals surface area contributed by atoms with Crippen molar-refractivity contribution in [3.05, 3.63) is 53.8 Å². The Hall–Kier alpha value is -3.04. The molecule has 0 spiro atoms. The van der Waals surface area contributed by atoms with Crippen molar-refractivity contribution in [2.75, 3.05) is 20.2 Å². The van der Waals surface area contributed by atoms with Crippen molar-refractivity contribution < 1.29 is 27.4 Å². The summed E-state index contributed by atoms with van der Waals surface area (Å²) in [5.41, 5.74) is 0.855. The number of aromatic carboxylic acids is 1. The summed E-state index contributed by atoms with van der Waals surface area (Å²) in [4.78, 5) is 16.5. The van der Waals surface area contributed by atoms with Crippen LogP contribution in [0.5, 0.6) is 5.75 Å². The van der Waals surface area contributed by atoms with Gasteiger partial charge in [0.2, 0.25) is 10.0 Å². The number of hydrogen-bond acceptors (Lipinski definition) is 5. The second-order valence-corrected chi connectivity index (χ2v) is 9.64. The highest BCUT2D eigenvalue weighted by molar-refractivity contribution is 7.89. The van der Waals surface area contributed by atoms with Crippen LogP contribution in [0.2, 0.25) is 0 Å². The first-order valence-electron chi connectivity index (χ1n) is 10.3. The van der Waals surface area contributed by atoms with Crippen LogP contribution in [0, 0.1) is 5.82 Å². The molecule has 0 amide bonds. The molecule has 0 aliphatic carbocycles. The molecule has 0 unspecified atom stereocenters. The molecule has 1 aliphatic heterocycles. The van der Waals surface area contributed by atoms with E-state index in [1.54, 1.807) is 6.07 Å². The van der Waals surface area contributed by atoms with Crippen LogP contribution in [-0.2, 0) is 10.0 Å². The number of halogens is 1. The summed E-state index contributed by atoms with van der Waals surface area (Å²) in [6, 6.07) is 9.87. The Balaban J connectivity index is 1.82. The Labute approximate surface area is 185 Å². The minimum atomic E-state index is -3.75. The van der Waals surface area contributed by atoms with Gasteiger partial charge in [-0.15, -0.1) is 0 Å². The molecule has 0 atom stereocenters. The third kappa shape index (κ3) is 4.18. The molecule has 1 fully saturated rings. The minimum absolute atomic E-state index is 0.0411. The molecule has 2 heterocycles. The Bertz CT molecular complexity index is 1290. The molecule has 2 aromatic carbocycles. The zero-order chi connectivity index (χ0) is 22.9. The standard InChI is InChI=1S/C23H23FN2O5S/c1-31-22-9-6-15(12-19(22)24)21-14-18(23(27)28)17-13-16(7-8-20(17)25-21)32(29,30)26-10-4-2-3-5-11-26/h6-9,12-14H,2-5,10-11H2,1H3,(H,27,28). The average molecular weight is 459 g/mol. The van der Waals surface area contributed by atoms with Crippen LogP contribution in [0.1, 0.15) is 36.0 Å². The maximum atomic E-state index is 14.2. The van der Waals surface area contributed by atoms with E-state index in [1.165, 1.54) is 47.8 Å². The molecule has 0 bridgehead atoms. The third-order valence-corrected chi connectivity index (χ3v) is 7.56. The fourth-order valence-electron chi connectivity index (χ4n) is 3.95. The Kier molecular flexibility index (Phi) is 6.12. The number of carboxylic acid groups (broad SMARTS) is 1. The number of benzene rings is 2. The third-order valence-electron chi connectivity index (χ3n) is 5.66. The largest absolute Gasteiger partial charge is 0.494 e. The molecular formula is C23H23FN2O5S. The lowest BCUT2D eigenvalue weighted by atomic mass is 10.0. The molecule has 0 radical (unpaired) electrons. The molecule has 1 saturated heterocycles. The Morgan fingerprint density at radius 3 is 2.41 bits per heavy atom. The smallest absolute Gasteiger partial charge is 0.336 e. The fourth-order valence-corrected chi connectivity index (χ4v) is 5.49. The summed E-state index contributed by atoms with van der Waals surface area (Å²) in [7, 11) is -2.39. The highest BCUT2D eigenvalue weighted by Crippen LogP contribution is 2.30. The van der Waals surface area contributed by atoms with Crippen LogP contribution in [0.15, 0.2) is 47.4 Å². The molecule has 7 nitrogen and oxygen atoms in total. The maximum Gasteiger partial charge on any atom is 0.336 e. The van der Waals surface area contributed by atoms with E-state index in [0.29, 0.717) is 24.2 Å². The van der Waals surface area contributed by atoms with Gasteiger partial charge in [0.05, 0.1) is 28.8 Å². The van der Waals surface area contributed by atoms with Crippen molar-refractivity contribution in [3.8, 4) is 17.0 Å². The first-order valence-corrected chi connectivity index (χ1v) is 11.8. The van der Waals surface area contributed by atoms with E-state index in [-0.39, 0.29) is 27.3 Å². The quantitative estimate of drug-likeness (QED) is 0.612. The van der Waals surface area contributed by atoms with Crippen LogP contribution in [-0.4, -0.2) is 49.0 Å². The molecule has 3 aromatic rings. The average Bonchev–Trinajstić information content (AvgIpc) is 3.08. The molecule has 168 valence electrons. The van der Waals surface area contributed by atoms with Crippen LogP contribution < -0.4 is 4.74 Å². The van der Waals surface area contributed by atoms with Gasteiger partial charge in [0.1, 0.15) is 0 Å². The predicted octanol–water partition coefficient (Wildman–Crippen LogP) is 4.31. The number of hydrogen-bond donors (Lipinski definition) is 1. The number of fused-ring (bicyclic) bond motifs is 1. The molecule has 1 aromatic heterocycles. The van der Waals surface area contributed by atoms with Crippen molar-refractivity contribution in [1.29, 1.82) is 0 Å². The lowest BCUT2D eigenvalue weighted by Gasteiger charge is -2.20. The fraction of sp³-hybridized carbons (Fsp3) is 0.304. The highest BCUT2D eigenvalue weighted by atomic mass is 32.2. The van der Waals surface area contributed by atoms with Crippen molar-refractivity contribution in [2.45, 2.75) is 30.6 Å². The number of carboxylic acids is 1. The van der Waals surface area contributed by atoms with E-state index in [0.717, 1.165) is 25.7 Å². The highest BCUT2D eigenvalue weighted by Gasteiger charge is 2.26. The molecule has 4 rings (SSSR count). The normalized spacial score (nSPS) is 15.4. The predicted molar refractivity (Wildman–Crippen MR) is 118 cm³/mol. The van der Waals surface area contributed by atoms with Crippen LogP contribution in [0.3, 0.4) is 0 Å². The number of carbonyl (C=O) groups is 1. The SMILES string of the molecule is COc1ccc(-c2cc(C(=O)O)c3cc(S(=O)(=O)N4CCCCCC4)ccc3n2)cc1F. The summed E-state index contributed by atoms with van der Waals surface area (Å²) in [6.07, 6.45) is 3.59. The van der Waals surface area contributed by atoms with Gasteiger partial charge in [0.15, 0.2) is 11.6 Å². The Morgan fingerprint density at radius 2 is 1.78 bits per heavy atom. The van der Waals surface area contributed by atoms with Crippen molar-refractivity contribution in [2.24, 2.45) is 0 Å². The summed E-state index contributed by atoms with van der Waals surface area (Å²) in [5, 5.41) is 10.0. The summed E-state index contributed by atoms with van der Waals surface area (Å²) >= 11 is 0. The topological polar surface area (TPSA) is 96.8 Å². The monoisotopic (exact) mass is 458 g/mol. The lowest BCUT2D eigenvalue weighted by molar-refractivity contribution is 0.0699. The molecule has 9 heteroatoms. The molecule has 1 N–H and O–H groups in total. The number of rotatable bonds is 5. The second-order valence-electron chi connectivity index (χ2n) is 7.71. The van der Waals surface area contributed by atoms with Crippen LogP contribution >= 0.6 is 0 Å². The van der Waals surface area contributed by atoms with Gasteiger partial charge in [-0.25, -0.2) is 22.6 Å². The number of ether oxygens (including phenoxy) is 1. The van der Waals surface area contributed by atoms with Gasteiger partial charge in [-0.1, -0.05) is 12.8 Å². The van der Waals surface area contributed by atoms with Gasteiger partial charge in [-0.05, 0) is 55.3 Å². The molecular weight excluding hydrogens is 435 g/mol. The van der Waals surface area contributed by atoms with E-state index < -0.39 is 21.8 Å². The van der Waals surface area contributed by atoms with Gasteiger partial charge in [-0.2, -0.15) is 4.31 Å². The summed E-state index contributed by atoms with van der Waals surface area (Å²) < 4.78 is 46.9. The van der Waals surface area contributed by atoms with Crippen molar-refractivity contribution in [1.82, 2.24) is 9.29 Å². The van der Waals surface area contributed by atoms with Crippen LogP contribution in [0.4, 0.5) is 4.39 Å². The van der Waals surface area contributed by atoms with Crippen molar-refractivity contribution >= 4 is 26.9 Å². The molecule has 1 aliphatic rings. The van der Waals surface area contributed by atoms with Gasteiger partial charge >= 0.3 is 5.97 Å². The number of methoxy groups -OCH3 is 1. The van der Waals surface area contributed by atoms with E-state index in [1.807, 2.05) is 0 Å². The number of nitrogens with zero attached hydrogens (tertiary/aromatic N) is 2. The number of sulfonamides is 1. The zero-order valence-electron chi connectivity index (χ0n) is 17.5. The van der Waals surface area contributed by atoms with E-state index >= 15 is 0 Å². The van der Waals surface area contributed by atoms with Gasteiger partial charge in [0.25, 0.3) is 0 Å². The zero-order valence-corrected chi connectivity index (χ0v) is 18.4. The first-order chi connectivity index (χ1) is 15.3. The molecule has 0 saturated carbocycles. The van der Waals surface area contributed by atoms with E-state index in [4.69, 9.17) is 4.74 Å². The number of aromatic nitrogens is 1. The van der Waals surface area contributed by atoms with Gasteiger partial charge < -0.3 is 9.84 Å². The summed E-state index contributed by atoms with van der Waals surface area (Å²) in [6.45, 7) is 0.902. The maximum absolute atomic E-state index is 14.2. The summed E-state index contributed by atoms with van der Waals surface area (Å²) in [5.74, 6) is -1.75. The minimum Gasteiger partial charge on any atom is -0.494 e. The first kappa shape index (κ1) is 22.2. The Morgan fingerprint density at radius 1 is 1.06 bits per heavy atom. The van der Waals surface area contributed by atoms with E-state index in [9.17, 15) is 22.7 Å². The van der Waals surface area contributed by atoms with Gasteiger partial charge in [-0.3, -0.25) is 0 Å². The van der Waals surface area contributed by atoms with Gasteiger partial charge in [0, 0.05) is 24.0 Å². The molecule has 32 heavy (non-hydrogen) atoms. The van der Waals surface area contributed by atoms with Crippen molar-refractivity contribution in [3.63, 3.8) is 0 Å². The van der Waals surface area contributed by atoms with Crippen LogP contribution in [0.25, 0.3) is 22.2 Å². The lowest BCUT2D eigenvalue weighted by Crippen LogP contribution is -2.31. The van der Waals surface area contributed by atoms with E-state index in [2.05, 4.69) is 4.98 Å². The number of pyridine rings is 1.